The number of hydrogen-bond acceptors (Lipinski definition) is 6. The van der Waals surface area contributed by atoms with E-state index < -0.39 is 0 Å². The molecule has 1 N–H and O–H groups in total. The van der Waals surface area contributed by atoms with Gasteiger partial charge in [-0.25, -0.2) is 0 Å². The van der Waals surface area contributed by atoms with Crippen molar-refractivity contribution in [3.8, 4) is 23.0 Å². The minimum atomic E-state index is 0.384. The number of nitrogens with zero attached hydrogens (tertiary/aromatic N) is 2. The average molecular weight is 249 g/mol. The molecule has 0 spiro atoms. The lowest BCUT2D eigenvalue weighted by molar-refractivity contribution is 0.392. The second-order valence-electron chi connectivity index (χ2n) is 3.57. The quantitative estimate of drug-likeness (QED) is 0.865. The van der Waals surface area contributed by atoms with Crippen LogP contribution in [-0.2, 0) is 6.54 Å². The van der Waals surface area contributed by atoms with E-state index in [1.54, 1.807) is 14.2 Å². The largest absolute Gasteiger partial charge is 0.496 e. The van der Waals surface area contributed by atoms with Crippen LogP contribution in [0.2, 0.25) is 0 Å². The predicted octanol–water partition coefficient (Wildman–Crippen LogP) is 1.47. The molecule has 0 amide bonds. The minimum Gasteiger partial charge on any atom is -0.496 e. The van der Waals surface area contributed by atoms with Crippen molar-refractivity contribution in [2.24, 2.45) is 0 Å². The highest BCUT2D eigenvalue weighted by atomic mass is 16.5. The van der Waals surface area contributed by atoms with Gasteiger partial charge in [0.15, 0.2) is 0 Å². The molecule has 1 heterocycles. The molecular formula is C12H15N3O3. The van der Waals surface area contributed by atoms with Crippen molar-refractivity contribution in [3.05, 3.63) is 24.1 Å². The molecular weight excluding hydrogens is 234 g/mol. The summed E-state index contributed by atoms with van der Waals surface area (Å²) < 4.78 is 16.1. The van der Waals surface area contributed by atoms with E-state index in [0.29, 0.717) is 35.4 Å². The lowest BCUT2D eigenvalue weighted by Crippen LogP contribution is -2.04. The Kier molecular flexibility index (Phi) is 3.78. The Morgan fingerprint density at radius 3 is 2.39 bits per heavy atom. The van der Waals surface area contributed by atoms with E-state index in [-0.39, 0.29) is 0 Å². The van der Waals surface area contributed by atoms with Gasteiger partial charge in [0.1, 0.15) is 17.1 Å². The van der Waals surface area contributed by atoms with E-state index in [1.165, 1.54) is 0 Å². The summed E-state index contributed by atoms with van der Waals surface area (Å²) >= 11 is 0. The zero-order valence-corrected chi connectivity index (χ0v) is 10.6. The van der Waals surface area contributed by atoms with E-state index >= 15 is 0 Å². The molecule has 96 valence electrons. The highest BCUT2D eigenvalue weighted by Gasteiger charge is 2.18. The van der Waals surface area contributed by atoms with Gasteiger partial charge >= 0.3 is 0 Å². The molecule has 0 bridgehead atoms. The standard InChI is InChI=1S/C12H15N3O3/c1-13-7-10-14-15-12(18-10)11-8(16-2)5-4-6-9(11)17-3/h4-6,13H,7H2,1-3H3. The van der Waals surface area contributed by atoms with E-state index in [4.69, 9.17) is 13.9 Å². The van der Waals surface area contributed by atoms with E-state index in [1.807, 2.05) is 25.2 Å². The second-order valence-corrected chi connectivity index (χ2v) is 3.57. The van der Waals surface area contributed by atoms with Gasteiger partial charge < -0.3 is 19.2 Å². The molecule has 0 fully saturated rings. The minimum absolute atomic E-state index is 0.384. The number of ether oxygens (including phenoxy) is 2. The van der Waals surface area contributed by atoms with Crippen LogP contribution in [-0.4, -0.2) is 31.5 Å². The molecule has 18 heavy (non-hydrogen) atoms. The third-order valence-electron chi connectivity index (χ3n) is 2.44. The highest BCUT2D eigenvalue weighted by Crippen LogP contribution is 2.37. The first-order valence-electron chi connectivity index (χ1n) is 5.48. The Balaban J connectivity index is 2.47. The van der Waals surface area contributed by atoms with Gasteiger partial charge in [-0.15, -0.1) is 10.2 Å². The van der Waals surface area contributed by atoms with Gasteiger partial charge in [-0.1, -0.05) is 6.07 Å². The predicted molar refractivity (Wildman–Crippen MR) is 65.6 cm³/mol. The number of hydrogen-bond donors (Lipinski definition) is 1. The Morgan fingerprint density at radius 2 is 1.83 bits per heavy atom. The summed E-state index contributed by atoms with van der Waals surface area (Å²) in [6, 6.07) is 5.48. The Morgan fingerprint density at radius 1 is 1.17 bits per heavy atom. The van der Waals surface area contributed by atoms with Gasteiger partial charge in [-0.2, -0.15) is 0 Å². The van der Waals surface area contributed by atoms with Crippen LogP contribution in [0.3, 0.4) is 0 Å². The molecule has 0 aliphatic rings. The molecule has 1 aromatic carbocycles. The van der Waals surface area contributed by atoms with Crippen molar-refractivity contribution in [2.75, 3.05) is 21.3 Å². The summed E-state index contributed by atoms with van der Waals surface area (Å²) in [6.07, 6.45) is 0. The van der Waals surface area contributed by atoms with E-state index in [2.05, 4.69) is 15.5 Å². The lowest BCUT2D eigenvalue weighted by Gasteiger charge is -2.09. The summed E-state index contributed by atoms with van der Waals surface area (Å²) in [5.41, 5.74) is 0.664. The summed E-state index contributed by atoms with van der Waals surface area (Å²) in [7, 11) is 4.99. The van der Waals surface area contributed by atoms with Gasteiger partial charge in [0.05, 0.1) is 20.8 Å². The average Bonchev–Trinajstić information content (AvgIpc) is 2.86. The zero-order valence-electron chi connectivity index (χ0n) is 10.6. The van der Waals surface area contributed by atoms with Crippen molar-refractivity contribution in [1.82, 2.24) is 15.5 Å². The van der Waals surface area contributed by atoms with E-state index in [0.717, 1.165) is 0 Å². The zero-order chi connectivity index (χ0) is 13.0. The van der Waals surface area contributed by atoms with Gasteiger partial charge in [-0.3, -0.25) is 0 Å². The third kappa shape index (κ3) is 2.28. The van der Waals surface area contributed by atoms with Crippen molar-refractivity contribution >= 4 is 0 Å². The number of methoxy groups -OCH3 is 2. The Labute approximate surface area is 105 Å². The molecule has 0 aliphatic carbocycles. The summed E-state index contributed by atoms with van der Waals surface area (Å²) in [5.74, 6) is 2.16. The van der Waals surface area contributed by atoms with Crippen molar-refractivity contribution in [2.45, 2.75) is 6.54 Å². The molecule has 6 nitrogen and oxygen atoms in total. The first-order valence-corrected chi connectivity index (χ1v) is 5.48. The van der Waals surface area contributed by atoms with Gasteiger partial charge in [0, 0.05) is 0 Å². The fourth-order valence-electron chi connectivity index (χ4n) is 1.64. The van der Waals surface area contributed by atoms with Crippen LogP contribution in [0.15, 0.2) is 22.6 Å². The number of aromatic nitrogens is 2. The fourth-order valence-corrected chi connectivity index (χ4v) is 1.64. The molecule has 0 atom stereocenters. The van der Waals surface area contributed by atoms with Crippen LogP contribution in [0.4, 0.5) is 0 Å². The molecule has 2 rings (SSSR count). The molecule has 0 aliphatic heterocycles. The van der Waals surface area contributed by atoms with Crippen LogP contribution in [0, 0.1) is 0 Å². The number of benzene rings is 1. The lowest BCUT2D eigenvalue weighted by atomic mass is 10.2. The van der Waals surface area contributed by atoms with Crippen molar-refractivity contribution in [3.63, 3.8) is 0 Å². The van der Waals surface area contributed by atoms with Crippen LogP contribution >= 0.6 is 0 Å². The molecule has 0 saturated carbocycles. The molecule has 0 saturated heterocycles. The van der Waals surface area contributed by atoms with Crippen molar-refractivity contribution in [1.29, 1.82) is 0 Å². The monoisotopic (exact) mass is 249 g/mol. The molecule has 6 heteroatoms. The van der Waals surface area contributed by atoms with Crippen LogP contribution in [0.25, 0.3) is 11.5 Å². The van der Waals surface area contributed by atoms with Crippen LogP contribution in [0.5, 0.6) is 11.5 Å². The third-order valence-corrected chi connectivity index (χ3v) is 2.44. The van der Waals surface area contributed by atoms with Gasteiger partial charge in [0.2, 0.25) is 5.89 Å². The highest BCUT2D eigenvalue weighted by molar-refractivity contribution is 5.70. The molecule has 1 aromatic heterocycles. The van der Waals surface area contributed by atoms with Crippen LogP contribution in [0.1, 0.15) is 5.89 Å². The summed E-state index contributed by atoms with van der Waals surface area (Å²) in [5, 5.41) is 10.9. The van der Waals surface area contributed by atoms with Gasteiger partial charge in [0.25, 0.3) is 5.89 Å². The maximum Gasteiger partial charge on any atom is 0.255 e. The first-order chi connectivity index (χ1) is 8.80. The normalized spacial score (nSPS) is 10.4. The first kappa shape index (κ1) is 12.4. The molecule has 0 unspecified atom stereocenters. The number of nitrogens with one attached hydrogen (secondary N) is 1. The Bertz CT molecular complexity index is 503. The van der Waals surface area contributed by atoms with Crippen molar-refractivity contribution < 1.29 is 13.9 Å². The van der Waals surface area contributed by atoms with Gasteiger partial charge in [-0.05, 0) is 19.2 Å². The topological polar surface area (TPSA) is 69.4 Å². The summed E-state index contributed by atoms with van der Waals surface area (Å²) in [4.78, 5) is 0. The fraction of sp³-hybridized carbons (Fsp3) is 0.333. The maximum atomic E-state index is 5.55. The molecule has 2 aromatic rings. The molecule has 0 radical (unpaired) electrons. The van der Waals surface area contributed by atoms with Crippen LogP contribution < -0.4 is 14.8 Å². The summed E-state index contributed by atoms with van der Waals surface area (Å²) in [6.45, 7) is 0.518. The maximum absolute atomic E-state index is 5.55. The SMILES string of the molecule is CNCc1nnc(-c2c(OC)cccc2OC)o1. The second kappa shape index (κ2) is 5.50. The number of rotatable bonds is 5. The Hall–Kier alpha value is -2.08. The van der Waals surface area contributed by atoms with E-state index in [9.17, 15) is 0 Å². The smallest absolute Gasteiger partial charge is 0.255 e.